The van der Waals surface area contributed by atoms with Crippen molar-refractivity contribution in [3.05, 3.63) is 95.3 Å². The topological polar surface area (TPSA) is 53.5 Å². The largest absolute Gasteiger partial charge is 0.385 e. The molecule has 0 spiro atoms. The second-order valence-electron chi connectivity index (χ2n) is 12.2. The van der Waals surface area contributed by atoms with Gasteiger partial charge in [0, 0.05) is 42.0 Å². The molecule has 49 heavy (non-hydrogen) atoms. The molecule has 2 rings (SSSR count). The van der Waals surface area contributed by atoms with E-state index in [4.69, 9.17) is 0 Å². The van der Waals surface area contributed by atoms with Crippen LogP contribution in [0.2, 0.25) is 0 Å². The number of benzene rings is 2. The Hall–Kier alpha value is -3.40. The number of nitrogens with zero attached hydrogens (tertiary/aromatic N) is 1. The maximum absolute atomic E-state index is 10.2. The van der Waals surface area contributed by atoms with Crippen molar-refractivity contribution < 1.29 is 4.79 Å². The number of aryl methyl sites for hydroxylation is 3. The third kappa shape index (κ3) is 34.3. The maximum Gasteiger partial charge on any atom is 0.129 e. The minimum atomic E-state index is 0.307. The predicted octanol–water partition coefficient (Wildman–Crippen LogP) is 14.4. The first kappa shape index (κ1) is 52.4. The number of anilines is 1. The van der Waals surface area contributed by atoms with Gasteiger partial charge in [0.15, 0.2) is 0 Å². The van der Waals surface area contributed by atoms with Gasteiger partial charge in [-0.1, -0.05) is 143 Å². The molecule has 4 heteroatoms. The summed E-state index contributed by atoms with van der Waals surface area (Å²) < 4.78 is 0. The summed E-state index contributed by atoms with van der Waals surface area (Å²) in [4.78, 5) is 14.5. The number of ketones is 1. The zero-order valence-electron chi connectivity index (χ0n) is 35.0. The SMILES string of the molecule is C=C(Nc1cc(C(=C)NCCCC)ccc1C)/C(C)=C/N=C(C)C.CC.CCCC.CCCC.CCCCC(C)=O.Cc1ccccc1C. The molecule has 0 aliphatic rings. The highest BCUT2D eigenvalue weighted by molar-refractivity contribution is 5.79. The fourth-order valence-electron chi connectivity index (χ4n) is 3.12. The Morgan fingerprint density at radius 3 is 1.57 bits per heavy atom. The Balaban J connectivity index is -0.000000327. The summed E-state index contributed by atoms with van der Waals surface area (Å²) in [6.07, 6.45) is 12.4. The number of carbonyl (C=O) groups excluding carboxylic acids is 1. The second-order valence-corrected chi connectivity index (χ2v) is 12.2. The molecule has 0 aliphatic carbocycles. The molecule has 280 valence electrons. The highest BCUT2D eigenvalue weighted by Gasteiger charge is 2.05. The highest BCUT2D eigenvalue weighted by atomic mass is 16.1. The van der Waals surface area contributed by atoms with Crippen LogP contribution in [0.3, 0.4) is 0 Å². The van der Waals surface area contributed by atoms with Crippen molar-refractivity contribution in [1.82, 2.24) is 5.32 Å². The van der Waals surface area contributed by atoms with Gasteiger partial charge >= 0.3 is 0 Å². The average molecular weight is 678 g/mol. The van der Waals surface area contributed by atoms with E-state index in [-0.39, 0.29) is 0 Å². The van der Waals surface area contributed by atoms with Gasteiger partial charge < -0.3 is 15.4 Å². The Morgan fingerprint density at radius 2 is 1.20 bits per heavy atom. The third-order valence-electron chi connectivity index (χ3n) is 7.04. The van der Waals surface area contributed by atoms with E-state index in [9.17, 15) is 4.79 Å². The molecule has 0 fully saturated rings. The molecule has 0 saturated heterocycles. The number of carbonyl (C=O) groups is 1. The van der Waals surface area contributed by atoms with Crippen molar-refractivity contribution in [1.29, 1.82) is 0 Å². The summed E-state index contributed by atoms with van der Waals surface area (Å²) in [7, 11) is 0. The van der Waals surface area contributed by atoms with Crippen LogP contribution in [0.25, 0.3) is 5.70 Å². The first-order valence-corrected chi connectivity index (χ1v) is 18.9. The lowest BCUT2D eigenvalue weighted by Crippen LogP contribution is -2.13. The summed E-state index contributed by atoms with van der Waals surface area (Å²) in [5.41, 5.74) is 9.89. The Morgan fingerprint density at radius 1 is 0.714 bits per heavy atom. The molecule has 4 nitrogen and oxygen atoms in total. The molecule has 0 saturated carbocycles. The predicted molar refractivity (Wildman–Crippen MR) is 227 cm³/mol. The molecule has 2 aromatic carbocycles. The number of aliphatic imine (C=N–C) groups is 1. The molecular formula is C45H79N3O. The van der Waals surface area contributed by atoms with Crippen molar-refractivity contribution in [2.24, 2.45) is 4.99 Å². The van der Waals surface area contributed by atoms with Crippen LogP contribution in [-0.4, -0.2) is 18.0 Å². The molecule has 0 heterocycles. The van der Waals surface area contributed by atoms with Crippen LogP contribution in [0.5, 0.6) is 0 Å². The first-order valence-electron chi connectivity index (χ1n) is 18.9. The molecule has 0 unspecified atom stereocenters. The quantitative estimate of drug-likeness (QED) is 0.119. The van der Waals surface area contributed by atoms with Crippen LogP contribution >= 0.6 is 0 Å². The summed E-state index contributed by atoms with van der Waals surface area (Å²) in [6.45, 7) is 40.1. The van der Waals surface area contributed by atoms with Crippen LogP contribution in [0.4, 0.5) is 5.69 Å². The van der Waals surface area contributed by atoms with E-state index >= 15 is 0 Å². The normalized spacial score (nSPS) is 9.49. The molecule has 2 N–H and O–H groups in total. The van der Waals surface area contributed by atoms with Crippen molar-refractivity contribution >= 4 is 22.9 Å². The third-order valence-corrected chi connectivity index (χ3v) is 7.04. The number of unbranched alkanes of at least 4 members (excludes halogenated alkanes) is 4. The van der Waals surface area contributed by atoms with E-state index in [1.54, 1.807) is 6.92 Å². The van der Waals surface area contributed by atoms with Crippen LogP contribution < -0.4 is 10.6 Å². The molecule has 0 bridgehead atoms. The van der Waals surface area contributed by atoms with E-state index < -0.39 is 0 Å². The molecule has 0 amide bonds. The van der Waals surface area contributed by atoms with Crippen LogP contribution in [0.1, 0.15) is 163 Å². The van der Waals surface area contributed by atoms with Crippen LogP contribution in [0.15, 0.2) is 78.1 Å². The number of nitrogens with one attached hydrogen (secondary N) is 2. The lowest BCUT2D eigenvalue weighted by atomic mass is 10.1. The van der Waals surface area contributed by atoms with E-state index in [1.165, 1.54) is 48.8 Å². The van der Waals surface area contributed by atoms with E-state index in [0.29, 0.717) is 5.78 Å². The number of Topliss-reactive ketones (excluding diaryl/α,β-unsaturated/α-hetero) is 1. The van der Waals surface area contributed by atoms with E-state index in [1.807, 2.05) is 40.8 Å². The number of allylic oxidation sites excluding steroid dienone is 1. The van der Waals surface area contributed by atoms with Gasteiger partial charge in [-0.3, -0.25) is 4.99 Å². The van der Waals surface area contributed by atoms with E-state index in [2.05, 4.69) is 134 Å². The first-order chi connectivity index (χ1) is 23.2. The van der Waals surface area contributed by atoms with Crippen molar-refractivity contribution in [3.63, 3.8) is 0 Å². The van der Waals surface area contributed by atoms with Gasteiger partial charge in [-0.05, 0) is 95.2 Å². The maximum atomic E-state index is 10.2. The minimum absolute atomic E-state index is 0.307. The highest BCUT2D eigenvalue weighted by Crippen LogP contribution is 2.23. The van der Waals surface area contributed by atoms with Crippen molar-refractivity contribution in [2.75, 3.05) is 11.9 Å². The van der Waals surface area contributed by atoms with Gasteiger partial charge in [0.05, 0.1) is 0 Å². The lowest BCUT2D eigenvalue weighted by Gasteiger charge is -2.15. The zero-order valence-corrected chi connectivity index (χ0v) is 35.0. The second kappa shape index (κ2) is 37.4. The summed E-state index contributed by atoms with van der Waals surface area (Å²) >= 11 is 0. The molecule has 0 aromatic heterocycles. The van der Waals surface area contributed by atoms with Gasteiger partial charge in [-0.15, -0.1) is 0 Å². The zero-order chi connectivity index (χ0) is 38.6. The molecule has 0 atom stereocenters. The number of hydrogen-bond donors (Lipinski definition) is 2. The van der Waals surface area contributed by atoms with Crippen LogP contribution in [0, 0.1) is 20.8 Å². The molecular weight excluding hydrogens is 599 g/mol. The number of hydrogen-bond acceptors (Lipinski definition) is 4. The summed E-state index contributed by atoms with van der Waals surface area (Å²) in [5.74, 6) is 0.307. The Bertz CT molecular complexity index is 1140. The number of rotatable bonds is 14. The fourth-order valence-corrected chi connectivity index (χ4v) is 3.12. The van der Waals surface area contributed by atoms with Gasteiger partial charge in [0.25, 0.3) is 0 Å². The minimum Gasteiger partial charge on any atom is -0.385 e. The average Bonchev–Trinajstić information content (AvgIpc) is 3.10. The van der Waals surface area contributed by atoms with Crippen molar-refractivity contribution in [2.45, 2.75) is 162 Å². The molecule has 0 aliphatic heterocycles. The Kier molecular flexibility index (Phi) is 40.0. The van der Waals surface area contributed by atoms with Gasteiger partial charge in [0.1, 0.15) is 5.78 Å². The summed E-state index contributed by atoms with van der Waals surface area (Å²) in [5, 5.41) is 6.78. The molecule has 0 radical (unpaired) electrons. The smallest absolute Gasteiger partial charge is 0.129 e. The van der Waals surface area contributed by atoms with E-state index in [0.717, 1.165) is 66.2 Å². The van der Waals surface area contributed by atoms with Gasteiger partial charge in [-0.2, -0.15) is 0 Å². The fraction of sp³-hybridized carbons (Fsp3) is 0.556. The Labute approximate surface area is 306 Å². The van der Waals surface area contributed by atoms with Crippen molar-refractivity contribution in [3.8, 4) is 0 Å². The molecule has 2 aromatic rings. The van der Waals surface area contributed by atoms with Crippen LogP contribution in [-0.2, 0) is 4.79 Å². The lowest BCUT2D eigenvalue weighted by molar-refractivity contribution is -0.117. The van der Waals surface area contributed by atoms with Gasteiger partial charge in [-0.25, -0.2) is 0 Å². The monoisotopic (exact) mass is 678 g/mol. The standard InChI is InChI=1S/C21H31N3.C8H10.C6H12O.2C4H10.C2H6/c1-8-9-12-22-19(7)20-11-10-16(4)21(13-20)24-18(6)17(5)14-23-15(2)3;1-7-5-3-4-6-8(7)2;1-3-4-5-6(2)7;2*1-3-4-2;1-2/h10-11,13-14,22,24H,6-9,12H2,1-5H3;3-6H,1-2H3;3-5H2,1-2H3;2*3-4H2,1-2H3;1-2H3/b17-14+;;;;;. The van der Waals surface area contributed by atoms with Gasteiger partial charge in [0.2, 0.25) is 0 Å². The summed E-state index contributed by atoms with van der Waals surface area (Å²) in [6, 6.07) is 14.7.